The maximum absolute atomic E-state index is 3.54. The molecule has 2 nitrogen and oxygen atoms in total. The van der Waals surface area contributed by atoms with Gasteiger partial charge in [-0.05, 0) is 32.4 Å². The molecule has 17 heavy (non-hydrogen) atoms. The fourth-order valence-electron chi connectivity index (χ4n) is 1.91. The predicted molar refractivity (Wildman–Crippen MR) is 78.6 cm³/mol. The van der Waals surface area contributed by atoms with Gasteiger partial charge in [0.1, 0.15) is 0 Å². The fourth-order valence-corrected chi connectivity index (χ4v) is 1.91. The highest BCUT2D eigenvalue weighted by atomic mass is 15.1. The van der Waals surface area contributed by atoms with E-state index < -0.39 is 0 Å². The van der Waals surface area contributed by atoms with Gasteiger partial charge >= 0.3 is 0 Å². The molecule has 0 saturated carbocycles. The maximum atomic E-state index is 3.54. The molecule has 0 heterocycles. The molecule has 0 aliphatic carbocycles. The predicted octanol–water partition coefficient (Wildman–Crippen LogP) is 3.52. The molecule has 0 aliphatic heterocycles. The molecule has 1 unspecified atom stereocenters. The Kier molecular flexibility index (Phi) is 8.89. The Morgan fingerprint density at radius 1 is 1.06 bits per heavy atom. The third kappa shape index (κ3) is 8.62. The minimum atomic E-state index is 0.371. The van der Waals surface area contributed by atoms with Gasteiger partial charge in [0, 0.05) is 19.1 Å². The van der Waals surface area contributed by atoms with Crippen LogP contribution in [0.3, 0.4) is 0 Å². The lowest BCUT2D eigenvalue weighted by Gasteiger charge is -2.35. The highest BCUT2D eigenvalue weighted by molar-refractivity contribution is 4.77. The van der Waals surface area contributed by atoms with Crippen molar-refractivity contribution >= 4 is 0 Å². The van der Waals surface area contributed by atoms with Crippen LogP contribution in [0.2, 0.25) is 0 Å². The molecule has 0 saturated heterocycles. The van der Waals surface area contributed by atoms with Gasteiger partial charge in [-0.15, -0.1) is 0 Å². The summed E-state index contributed by atoms with van der Waals surface area (Å²) < 4.78 is 0. The van der Waals surface area contributed by atoms with Crippen molar-refractivity contribution in [3.63, 3.8) is 0 Å². The molecule has 0 rings (SSSR count). The van der Waals surface area contributed by atoms with Gasteiger partial charge in [0.2, 0.25) is 0 Å². The molecular formula is C15H34N2. The minimum Gasteiger partial charge on any atom is -0.315 e. The smallest absolute Gasteiger partial charge is 0.0113 e. The average molecular weight is 242 g/mol. The van der Waals surface area contributed by atoms with Crippen molar-refractivity contribution in [1.29, 1.82) is 0 Å². The highest BCUT2D eigenvalue weighted by Gasteiger charge is 2.23. The largest absolute Gasteiger partial charge is 0.315 e. The molecule has 0 bridgehead atoms. The van der Waals surface area contributed by atoms with Gasteiger partial charge in [0.25, 0.3) is 0 Å². The summed E-state index contributed by atoms with van der Waals surface area (Å²) in [5, 5.41) is 3.54. The van der Waals surface area contributed by atoms with E-state index in [1.165, 1.54) is 32.2 Å². The lowest BCUT2D eigenvalue weighted by molar-refractivity contribution is 0.142. The van der Waals surface area contributed by atoms with Crippen LogP contribution < -0.4 is 5.32 Å². The first-order chi connectivity index (χ1) is 7.89. The Morgan fingerprint density at radius 2 is 1.71 bits per heavy atom. The van der Waals surface area contributed by atoms with Gasteiger partial charge in [-0.3, -0.25) is 0 Å². The molecule has 104 valence electrons. The van der Waals surface area contributed by atoms with Crippen LogP contribution in [-0.2, 0) is 0 Å². The van der Waals surface area contributed by atoms with Crippen molar-refractivity contribution in [2.24, 2.45) is 5.41 Å². The molecule has 0 amide bonds. The summed E-state index contributed by atoms with van der Waals surface area (Å²) in [5.74, 6) is 0. The monoisotopic (exact) mass is 242 g/mol. The molecule has 2 heteroatoms. The van der Waals surface area contributed by atoms with Crippen molar-refractivity contribution in [2.45, 2.75) is 66.3 Å². The maximum Gasteiger partial charge on any atom is 0.0113 e. The van der Waals surface area contributed by atoms with Crippen molar-refractivity contribution in [3.05, 3.63) is 0 Å². The van der Waals surface area contributed by atoms with E-state index in [2.05, 4.69) is 51.9 Å². The molecule has 1 atom stereocenters. The van der Waals surface area contributed by atoms with Crippen LogP contribution in [0, 0.1) is 5.41 Å². The second-order valence-electron chi connectivity index (χ2n) is 6.33. The van der Waals surface area contributed by atoms with Crippen molar-refractivity contribution in [1.82, 2.24) is 10.2 Å². The van der Waals surface area contributed by atoms with E-state index in [1.54, 1.807) is 0 Å². The molecule has 0 fully saturated rings. The zero-order valence-corrected chi connectivity index (χ0v) is 13.0. The summed E-state index contributed by atoms with van der Waals surface area (Å²) in [7, 11) is 2.23. The van der Waals surface area contributed by atoms with Crippen LogP contribution in [0.1, 0.15) is 60.3 Å². The van der Waals surface area contributed by atoms with Crippen LogP contribution >= 0.6 is 0 Å². The standard InChI is InChI=1S/C15H34N2/c1-7-8-9-10-11-16-12-13-17(6)14(2)15(3,4)5/h14,16H,7-13H2,1-6H3. The van der Waals surface area contributed by atoms with Gasteiger partial charge in [0.15, 0.2) is 0 Å². The first kappa shape index (κ1) is 16.9. The third-order valence-electron chi connectivity index (χ3n) is 3.76. The third-order valence-corrected chi connectivity index (χ3v) is 3.76. The highest BCUT2D eigenvalue weighted by Crippen LogP contribution is 2.22. The van der Waals surface area contributed by atoms with E-state index in [0.717, 1.165) is 13.1 Å². The molecule has 1 N–H and O–H groups in total. The van der Waals surface area contributed by atoms with E-state index in [0.29, 0.717) is 11.5 Å². The summed E-state index contributed by atoms with van der Waals surface area (Å²) in [4.78, 5) is 2.46. The van der Waals surface area contributed by atoms with E-state index in [4.69, 9.17) is 0 Å². The van der Waals surface area contributed by atoms with Gasteiger partial charge in [0.05, 0.1) is 0 Å². The van der Waals surface area contributed by atoms with Crippen LogP contribution in [-0.4, -0.2) is 37.6 Å². The van der Waals surface area contributed by atoms with Crippen LogP contribution in [0.4, 0.5) is 0 Å². The molecule has 0 aliphatic rings. The Labute approximate surface area is 109 Å². The number of hydrogen-bond acceptors (Lipinski definition) is 2. The Morgan fingerprint density at radius 3 is 2.24 bits per heavy atom. The Balaban J connectivity index is 3.48. The summed E-state index contributed by atoms with van der Waals surface area (Å²) >= 11 is 0. The van der Waals surface area contributed by atoms with E-state index in [-0.39, 0.29) is 0 Å². The zero-order chi connectivity index (χ0) is 13.3. The number of unbranched alkanes of at least 4 members (excludes halogenated alkanes) is 3. The normalized spacial score (nSPS) is 14.3. The lowest BCUT2D eigenvalue weighted by Crippen LogP contribution is -2.42. The Hall–Kier alpha value is -0.0800. The van der Waals surface area contributed by atoms with Crippen molar-refractivity contribution < 1.29 is 0 Å². The number of hydrogen-bond donors (Lipinski definition) is 1. The topological polar surface area (TPSA) is 15.3 Å². The van der Waals surface area contributed by atoms with E-state index >= 15 is 0 Å². The molecule has 0 spiro atoms. The first-order valence-electron chi connectivity index (χ1n) is 7.30. The minimum absolute atomic E-state index is 0.371. The summed E-state index contributed by atoms with van der Waals surface area (Å²) in [5.41, 5.74) is 0.371. The second-order valence-corrected chi connectivity index (χ2v) is 6.33. The van der Waals surface area contributed by atoms with Crippen LogP contribution in [0.25, 0.3) is 0 Å². The molecule has 0 aromatic rings. The van der Waals surface area contributed by atoms with E-state index in [1.807, 2.05) is 0 Å². The van der Waals surface area contributed by atoms with Gasteiger partial charge in [-0.25, -0.2) is 0 Å². The van der Waals surface area contributed by atoms with Gasteiger partial charge < -0.3 is 10.2 Å². The lowest BCUT2D eigenvalue weighted by atomic mass is 9.87. The molecule has 0 radical (unpaired) electrons. The van der Waals surface area contributed by atoms with Crippen LogP contribution in [0.15, 0.2) is 0 Å². The quantitative estimate of drug-likeness (QED) is 0.622. The van der Waals surface area contributed by atoms with Gasteiger partial charge in [-0.2, -0.15) is 0 Å². The van der Waals surface area contributed by atoms with Crippen LogP contribution in [0.5, 0.6) is 0 Å². The molecule has 0 aromatic carbocycles. The number of rotatable bonds is 9. The van der Waals surface area contributed by atoms with Crippen molar-refractivity contribution in [3.8, 4) is 0 Å². The zero-order valence-electron chi connectivity index (χ0n) is 13.0. The van der Waals surface area contributed by atoms with Gasteiger partial charge in [-0.1, -0.05) is 47.0 Å². The summed E-state index contributed by atoms with van der Waals surface area (Å²) in [6.07, 6.45) is 5.40. The number of nitrogens with zero attached hydrogens (tertiary/aromatic N) is 1. The molecular weight excluding hydrogens is 208 g/mol. The second kappa shape index (κ2) is 8.93. The summed E-state index contributed by atoms with van der Waals surface area (Å²) in [6, 6.07) is 0.629. The van der Waals surface area contributed by atoms with E-state index in [9.17, 15) is 0 Å². The summed E-state index contributed by atoms with van der Waals surface area (Å²) in [6.45, 7) is 15.0. The molecule has 0 aromatic heterocycles. The average Bonchev–Trinajstić information content (AvgIpc) is 2.25. The van der Waals surface area contributed by atoms with Crippen molar-refractivity contribution in [2.75, 3.05) is 26.7 Å². The Bertz CT molecular complexity index is 172. The number of likely N-dealkylation sites (N-methyl/N-ethyl adjacent to an activating group) is 1. The fraction of sp³-hybridized carbons (Fsp3) is 1.00. The number of nitrogens with one attached hydrogen (secondary N) is 1. The first-order valence-corrected chi connectivity index (χ1v) is 7.30. The SMILES string of the molecule is CCCCCCNCCN(C)C(C)C(C)(C)C.